The van der Waals surface area contributed by atoms with Gasteiger partial charge in [-0.3, -0.25) is 9.48 Å². The number of hydrogen-bond donors (Lipinski definition) is 1. The van der Waals surface area contributed by atoms with Gasteiger partial charge in [-0.25, -0.2) is 0 Å². The van der Waals surface area contributed by atoms with Gasteiger partial charge in [-0.2, -0.15) is 0 Å². The average molecular weight is 674 g/mol. The van der Waals surface area contributed by atoms with Gasteiger partial charge in [0.2, 0.25) is 0 Å². The normalized spacial score (nSPS) is 16.3. The Bertz CT molecular complexity index is 2270. The third-order valence-electron chi connectivity index (χ3n) is 11.2. The quantitative estimate of drug-likeness (QED) is 0.125. The summed E-state index contributed by atoms with van der Waals surface area (Å²) in [5.74, 6) is -0.140. The zero-order chi connectivity index (χ0) is 35.3. The smallest absolute Gasteiger partial charge is 0.409 e. The van der Waals surface area contributed by atoms with Crippen molar-refractivity contribution in [2.45, 2.75) is 66.5 Å². The van der Waals surface area contributed by atoms with E-state index in [0.717, 1.165) is 42.9 Å². The van der Waals surface area contributed by atoms with Gasteiger partial charge in [-0.05, 0) is 115 Å². The van der Waals surface area contributed by atoms with Crippen LogP contribution in [-0.4, -0.2) is 35.1 Å². The molecule has 1 atom stereocenters. The Balaban J connectivity index is 1.24. The number of ether oxygens (including phenoxy) is 1. The lowest BCUT2D eigenvalue weighted by atomic mass is 9.58. The monoisotopic (exact) mass is 673 g/mol. The molecule has 51 heavy (non-hydrogen) atoms. The summed E-state index contributed by atoms with van der Waals surface area (Å²) >= 11 is 0. The van der Waals surface area contributed by atoms with Gasteiger partial charge in [0, 0.05) is 35.4 Å². The fourth-order valence-electron chi connectivity index (χ4n) is 8.64. The molecule has 0 saturated heterocycles. The number of hydrogen-bond acceptors (Lipinski definition) is 6. The van der Waals surface area contributed by atoms with E-state index in [4.69, 9.17) is 4.74 Å². The largest absolute Gasteiger partial charge is 0.469 e. The van der Waals surface area contributed by atoms with E-state index in [0.29, 0.717) is 12.8 Å². The van der Waals surface area contributed by atoms with Crippen LogP contribution in [0.1, 0.15) is 52.3 Å². The van der Waals surface area contributed by atoms with Crippen LogP contribution in [0.3, 0.4) is 0 Å². The summed E-state index contributed by atoms with van der Waals surface area (Å²) in [6, 6.07) is 32.2. The molecule has 7 nitrogen and oxygen atoms in total. The van der Waals surface area contributed by atoms with E-state index in [1.165, 1.54) is 68.0 Å². The second-order valence-electron chi connectivity index (χ2n) is 14.7. The maximum Gasteiger partial charge on any atom is 0.409 e. The lowest BCUT2D eigenvalue weighted by molar-refractivity contribution is -0.151. The molecular formula is C43H44BN5O2. The number of carbonyl (C=O) groups is 1. The molecule has 5 aromatic carbocycles. The molecule has 1 aliphatic heterocycles. The van der Waals surface area contributed by atoms with E-state index in [1.54, 1.807) is 0 Å². The first-order valence-electron chi connectivity index (χ1n) is 18.0. The topological polar surface area (TPSA) is 72.3 Å². The maximum absolute atomic E-state index is 13.2. The van der Waals surface area contributed by atoms with Gasteiger partial charge >= 0.3 is 13.0 Å². The zero-order valence-corrected chi connectivity index (χ0v) is 30.2. The van der Waals surface area contributed by atoms with Crippen molar-refractivity contribution < 1.29 is 9.53 Å². The molecule has 0 fully saturated rings. The number of methoxy groups -OCH3 is 1. The second kappa shape index (κ2) is 13.1. The minimum atomic E-state index is -0.587. The van der Waals surface area contributed by atoms with Crippen molar-refractivity contribution in [3.05, 3.63) is 136 Å². The van der Waals surface area contributed by atoms with Crippen LogP contribution in [0.15, 0.2) is 97.2 Å². The maximum atomic E-state index is 13.2. The fourth-order valence-corrected chi connectivity index (χ4v) is 8.64. The minimum Gasteiger partial charge on any atom is -0.469 e. The molecule has 1 aromatic heterocycles. The molecule has 0 bridgehead atoms. The first-order valence-corrected chi connectivity index (χ1v) is 18.0. The molecule has 0 spiro atoms. The number of esters is 1. The van der Waals surface area contributed by atoms with Crippen LogP contribution < -0.4 is 15.5 Å². The van der Waals surface area contributed by atoms with Crippen molar-refractivity contribution in [1.29, 1.82) is 0 Å². The van der Waals surface area contributed by atoms with Gasteiger partial charge in [0.1, 0.15) is 5.69 Å². The van der Waals surface area contributed by atoms with Gasteiger partial charge < -0.3 is 14.8 Å². The zero-order valence-electron chi connectivity index (χ0n) is 30.2. The Kier molecular flexibility index (Phi) is 8.41. The minimum absolute atomic E-state index is 0.120. The molecule has 0 saturated carbocycles. The van der Waals surface area contributed by atoms with Crippen LogP contribution in [0.5, 0.6) is 0 Å². The third kappa shape index (κ3) is 5.86. The second-order valence-corrected chi connectivity index (χ2v) is 14.7. The lowest BCUT2D eigenvalue weighted by Crippen LogP contribution is -2.58. The Morgan fingerprint density at radius 2 is 1.65 bits per heavy atom. The van der Waals surface area contributed by atoms with Crippen LogP contribution in [0.4, 0.5) is 11.4 Å². The number of aromatic nitrogens is 3. The standard InChI is InChI=1S/C43H44BN5O2/c1-28-22-33-18-12-20-37-40(33)39(23-28)49(26-31-14-8-6-9-15-31)44(45-37)41-30(3)36-25-43(4,42(50)51-5)24-35(36)29(2)34(41)19-13-21-48-27-38(46-47-48)32-16-10-7-11-17-32/h6-12,14-18,20,22-23,27,45H,13,19,21,24-26H2,1-5H3. The van der Waals surface area contributed by atoms with Gasteiger partial charge in [-0.15, -0.1) is 5.10 Å². The van der Waals surface area contributed by atoms with Gasteiger partial charge in [0.15, 0.2) is 0 Å². The van der Waals surface area contributed by atoms with Gasteiger partial charge in [-0.1, -0.05) is 84.1 Å². The summed E-state index contributed by atoms with van der Waals surface area (Å²) in [6.45, 7) is 10.2. The molecule has 2 aliphatic rings. The van der Waals surface area contributed by atoms with Crippen molar-refractivity contribution >= 4 is 40.6 Å². The molecule has 0 radical (unpaired) electrons. The van der Waals surface area contributed by atoms with Gasteiger partial charge in [0.05, 0.1) is 18.7 Å². The molecule has 2 heterocycles. The van der Waals surface area contributed by atoms with Crippen molar-refractivity contribution in [2.75, 3.05) is 17.1 Å². The van der Waals surface area contributed by atoms with Crippen molar-refractivity contribution in [1.82, 2.24) is 15.0 Å². The number of rotatable bonds is 9. The van der Waals surface area contributed by atoms with Crippen molar-refractivity contribution in [3.8, 4) is 11.3 Å². The molecule has 1 aliphatic carbocycles. The van der Waals surface area contributed by atoms with E-state index in [1.807, 2.05) is 29.1 Å². The van der Waals surface area contributed by atoms with E-state index in [2.05, 4.69) is 121 Å². The summed E-state index contributed by atoms with van der Waals surface area (Å²) in [7, 11) is 1.51. The van der Waals surface area contributed by atoms with Crippen LogP contribution in [-0.2, 0) is 41.9 Å². The highest BCUT2D eigenvalue weighted by Crippen LogP contribution is 2.44. The molecule has 8 heteroatoms. The van der Waals surface area contributed by atoms with Crippen LogP contribution in [0.25, 0.3) is 22.0 Å². The van der Waals surface area contributed by atoms with Crippen LogP contribution in [0, 0.1) is 26.2 Å². The van der Waals surface area contributed by atoms with Crippen molar-refractivity contribution in [3.63, 3.8) is 0 Å². The SMILES string of the molecule is COC(=O)C1(C)Cc2c(C)c(CCCn3cc(-c4ccccc4)nn3)c(B3Nc4cccc5cc(C)cc(c45)N3Cc3ccccc3)c(C)c2C1. The Morgan fingerprint density at radius 1 is 0.922 bits per heavy atom. The van der Waals surface area contributed by atoms with E-state index >= 15 is 0 Å². The molecule has 8 rings (SSSR count). The Hall–Kier alpha value is -5.37. The highest BCUT2D eigenvalue weighted by Gasteiger charge is 2.45. The third-order valence-corrected chi connectivity index (χ3v) is 11.2. The molecule has 0 amide bonds. The number of benzene rings is 5. The first-order chi connectivity index (χ1) is 24.7. The van der Waals surface area contributed by atoms with E-state index < -0.39 is 5.41 Å². The average Bonchev–Trinajstić information content (AvgIpc) is 3.77. The van der Waals surface area contributed by atoms with E-state index in [9.17, 15) is 4.79 Å². The number of nitrogens with zero attached hydrogens (tertiary/aromatic N) is 4. The number of fused-ring (bicyclic) bond motifs is 1. The summed E-state index contributed by atoms with van der Waals surface area (Å²) in [5, 5.41) is 15.5. The highest BCUT2D eigenvalue weighted by atomic mass is 16.5. The highest BCUT2D eigenvalue weighted by molar-refractivity contribution is 6.81. The summed E-state index contributed by atoms with van der Waals surface area (Å²) in [5.41, 5.74) is 14.1. The fraction of sp³-hybridized carbons (Fsp3) is 0.279. The van der Waals surface area contributed by atoms with Gasteiger partial charge in [0.25, 0.3) is 0 Å². The summed E-state index contributed by atoms with van der Waals surface area (Å²) in [4.78, 5) is 15.8. The number of aryl methyl sites for hydroxylation is 2. The molecule has 1 unspecified atom stereocenters. The lowest BCUT2D eigenvalue weighted by Gasteiger charge is -2.40. The van der Waals surface area contributed by atoms with Crippen molar-refractivity contribution in [2.24, 2.45) is 5.41 Å². The molecule has 256 valence electrons. The van der Waals surface area contributed by atoms with Crippen LogP contribution in [0.2, 0.25) is 0 Å². The summed E-state index contributed by atoms with van der Waals surface area (Å²) in [6.07, 6.45) is 5.17. The predicted molar refractivity (Wildman–Crippen MR) is 208 cm³/mol. The molecular weight excluding hydrogens is 629 g/mol. The number of carbonyl (C=O) groups excluding carboxylic acids is 1. The number of nitrogens with one attached hydrogen (secondary N) is 1. The van der Waals surface area contributed by atoms with Crippen LogP contribution >= 0.6 is 0 Å². The Morgan fingerprint density at radius 3 is 2.39 bits per heavy atom. The number of anilines is 2. The molecule has 6 aromatic rings. The van der Waals surface area contributed by atoms with E-state index in [-0.39, 0.29) is 13.0 Å². The first kappa shape index (κ1) is 32.8. The predicted octanol–water partition coefficient (Wildman–Crippen LogP) is 7.76. The molecule has 1 N–H and O–H groups in total. The summed E-state index contributed by atoms with van der Waals surface area (Å²) < 4.78 is 7.33. The Labute approximate surface area is 300 Å².